The standard InChI is InChI=1S/C20H19FN4O2S/c1-12-10-13(4-7-17(12)23-2)24-19(28)25(20(27-3)8-9-20)14-5-6-15(18(22)26)16(21)11-14/h4-7,10-11H,8-9H2,1,3H3,(H2,22,26)(H,24,28). The van der Waals surface area contributed by atoms with Crippen molar-refractivity contribution in [3.8, 4) is 0 Å². The Balaban J connectivity index is 1.94. The molecule has 1 saturated carbocycles. The molecule has 8 heteroatoms. The van der Waals surface area contributed by atoms with Gasteiger partial charge >= 0.3 is 0 Å². The lowest BCUT2D eigenvalue weighted by atomic mass is 10.1. The average Bonchev–Trinajstić information content (AvgIpc) is 3.42. The number of nitrogens with two attached hydrogens (primary N) is 1. The van der Waals surface area contributed by atoms with E-state index in [9.17, 15) is 9.18 Å². The van der Waals surface area contributed by atoms with E-state index in [0.717, 1.165) is 18.4 Å². The van der Waals surface area contributed by atoms with Crippen LogP contribution in [0.4, 0.5) is 21.5 Å². The van der Waals surface area contributed by atoms with E-state index in [2.05, 4.69) is 10.2 Å². The van der Waals surface area contributed by atoms with Crippen LogP contribution in [0.3, 0.4) is 0 Å². The summed E-state index contributed by atoms with van der Waals surface area (Å²) in [5.41, 5.74) is 6.88. The molecule has 0 atom stereocenters. The van der Waals surface area contributed by atoms with Crippen LogP contribution in [0.15, 0.2) is 36.4 Å². The van der Waals surface area contributed by atoms with Crippen LogP contribution < -0.4 is 16.0 Å². The number of amides is 1. The van der Waals surface area contributed by atoms with E-state index in [1.54, 1.807) is 30.2 Å². The Morgan fingerprint density at radius 2 is 2.07 bits per heavy atom. The van der Waals surface area contributed by atoms with E-state index >= 15 is 0 Å². The van der Waals surface area contributed by atoms with Crippen molar-refractivity contribution in [1.82, 2.24) is 0 Å². The molecule has 1 fully saturated rings. The summed E-state index contributed by atoms with van der Waals surface area (Å²) in [6, 6.07) is 9.43. The van der Waals surface area contributed by atoms with E-state index in [1.165, 1.54) is 12.1 Å². The number of thiocarbonyl (C=S) groups is 1. The third-order valence-electron chi connectivity index (χ3n) is 4.71. The van der Waals surface area contributed by atoms with Crippen molar-refractivity contribution in [2.45, 2.75) is 25.5 Å². The number of aryl methyl sites for hydroxylation is 1. The molecule has 1 aliphatic carbocycles. The number of nitrogens with one attached hydrogen (secondary N) is 1. The van der Waals surface area contributed by atoms with Gasteiger partial charge in [0.05, 0.1) is 12.1 Å². The molecule has 0 unspecified atom stereocenters. The molecule has 6 nitrogen and oxygen atoms in total. The zero-order valence-electron chi connectivity index (χ0n) is 15.5. The Morgan fingerprint density at radius 1 is 1.36 bits per heavy atom. The van der Waals surface area contributed by atoms with Crippen LogP contribution >= 0.6 is 12.2 Å². The smallest absolute Gasteiger partial charge is 0.251 e. The van der Waals surface area contributed by atoms with Crippen LogP contribution in [0, 0.1) is 19.3 Å². The number of primary amides is 1. The number of ether oxygens (including phenoxy) is 1. The first-order valence-electron chi connectivity index (χ1n) is 8.55. The first-order chi connectivity index (χ1) is 13.3. The predicted molar refractivity (Wildman–Crippen MR) is 110 cm³/mol. The highest BCUT2D eigenvalue weighted by Gasteiger charge is 2.51. The van der Waals surface area contributed by atoms with Crippen molar-refractivity contribution in [2.75, 3.05) is 17.3 Å². The van der Waals surface area contributed by atoms with Crippen molar-refractivity contribution in [3.63, 3.8) is 0 Å². The highest BCUT2D eigenvalue weighted by molar-refractivity contribution is 7.80. The number of rotatable bonds is 5. The minimum Gasteiger partial charge on any atom is -0.366 e. The van der Waals surface area contributed by atoms with Gasteiger partial charge in [0.2, 0.25) is 0 Å². The number of benzene rings is 2. The fraction of sp³-hybridized carbons (Fsp3) is 0.250. The number of nitrogens with zero attached hydrogens (tertiary/aromatic N) is 2. The average molecular weight is 398 g/mol. The zero-order valence-corrected chi connectivity index (χ0v) is 16.3. The Bertz CT molecular complexity index is 998. The maximum Gasteiger partial charge on any atom is 0.251 e. The molecule has 0 saturated heterocycles. The van der Waals surface area contributed by atoms with E-state index in [1.807, 2.05) is 13.0 Å². The van der Waals surface area contributed by atoms with Gasteiger partial charge in [-0.15, -0.1) is 0 Å². The van der Waals surface area contributed by atoms with Crippen LogP contribution in [0.2, 0.25) is 0 Å². The van der Waals surface area contributed by atoms with Gasteiger partial charge in [-0.05, 0) is 55.0 Å². The number of carbonyl (C=O) groups excluding carboxylic acids is 1. The Kier molecular flexibility index (Phi) is 5.31. The number of methoxy groups -OCH3 is 1. The largest absolute Gasteiger partial charge is 0.366 e. The van der Waals surface area contributed by atoms with Gasteiger partial charge in [0.25, 0.3) is 5.91 Å². The van der Waals surface area contributed by atoms with E-state index < -0.39 is 17.4 Å². The highest BCUT2D eigenvalue weighted by Crippen LogP contribution is 2.45. The summed E-state index contributed by atoms with van der Waals surface area (Å²) in [7, 11) is 1.57. The molecule has 0 radical (unpaired) electrons. The van der Waals surface area contributed by atoms with Crippen LogP contribution in [0.25, 0.3) is 4.85 Å². The van der Waals surface area contributed by atoms with Gasteiger partial charge in [0, 0.05) is 31.3 Å². The van der Waals surface area contributed by atoms with E-state index in [0.29, 0.717) is 22.2 Å². The molecule has 0 bridgehead atoms. The second kappa shape index (κ2) is 7.54. The van der Waals surface area contributed by atoms with Crippen molar-refractivity contribution in [1.29, 1.82) is 0 Å². The molecule has 1 amide bonds. The van der Waals surface area contributed by atoms with E-state index in [4.69, 9.17) is 29.3 Å². The first-order valence-corrected chi connectivity index (χ1v) is 8.96. The van der Waals surface area contributed by atoms with Crippen molar-refractivity contribution < 1.29 is 13.9 Å². The molecule has 28 heavy (non-hydrogen) atoms. The maximum atomic E-state index is 14.3. The molecule has 2 aromatic carbocycles. The lowest BCUT2D eigenvalue weighted by Crippen LogP contribution is -2.46. The lowest BCUT2D eigenvalue weighted by molar-refractivity contribution is 0.0887. The number of anilines is 2. The Labute approximate surface area is 167 Å². The normalized spacial score (nSPS) is 14.1. The minimum absolute atomic E-state index is 0.185. The molecule has 3 N–H and O–H groups in total. The maximum absolute atomic E-state index is 14.3. The van der Waals surface area contributed by atoms with Crippen LogP contribution in [-0.2, 0) is 4.74 Å². The molecule has 0 aliphatic heterocycles. The first kappa shape index (κ1) is 19.7. The minimum atomic E-state index is -0.834. The topological polar surface area (TPSA) is 72.0 Å². The predicted octanol–water partition coefficient (Wildman–Crippen LogP) is 4.12. The SMILES string of the molecule is [C-]#[N+]c1ccc(NC(=S)N(c2ccc(C(N)=O)c(F)c2)C2(OC)CC2)cc1C. The van der Waals surface area contributed by atoms with Gasteiger partial charge in [-0.1, -0.05) is 6.07 Å². The lowest BCUT2D eigenvalue weighted by Gasteiger charge is -2.33. The van der Waals surface area contributed by atoms with Crippen molar-refractivity contribution >= 4 is 40.3 Å². The molecular formula is C20H19FN4O2S. The molecular weight excluding hydrogens is 379 g/mol. The van der Waals surface area contributed by atoms with Gasteiger partial charge in [-0.25, -0.2) is 9.24 Å². The molecule has 0 spiro atoms. The molecule has 3 rings (SSSR count). The molecule has 1 aliphatic rings. The van der Waals surface area contributed by atoms with Crippen LogP contribution in [0.5, 0.6) is 0 Å². The molecule has 144 valence electrons. The summed E-state index contributed by atoms with van der Waals surface area (Å²) in [5.74, 6) is -1.55. The molecule has 2 aromatic rings. The fourth-order valence-electron chi connectivity index (χ4n) is 3.04. The third kappa shape index (κ3) is 3.67. The summed E-state index contributed by atoms with van der Waals surface area (Å²) < 4.78 is 20.0. The highest BCUT2D eigenvalue weighted by atomic mass is 32.1. The zero-order chi connectivity index (χ0) is 20.5. The summed E-state index contributed by atoms with van der Waals surface area (Å²) in [6.45, 7) is 8.99. The van der Waals surface area contributed by atoms with Gasteiger partial charge in [-0.2, -0.15) is 0 Å². The fourth-order valence-corrected chi connectivity index (χ4v) is 3.43. The van der Waals surface area contributed by atoms with Crippen molar-refractivity contribution in [3.05, 3.63) is 64.8 Å². The van der Waals surface area contributed by atoms with Crippen LogP contribution in [0.1, 0.15) is 28.8 Å². The summed E-state index contributed by atoms with van der Waals surface area (Å²) >= 11 is 5.59. The number of carbonyl (C=O) groups is 1. The quantitative estimate of drug-likeness (QED) is 0.450. The van der Waals surface area contributed by atoms with Gasteiger partial charge in [0.15, 0.2) is 10.8 Å². The molecule has 0 heterocycles. The van der Waals surface area contributed by atoms with Crippen molar-refractivity contribution in [2.24, 2.45) is 5.73 Å². The number of halogens is 1. The van der Waals surface area contributed by atoms with Crippen LogP contribution in [-0.4, -0.2) is 23.9 Å². The van der Waals surface area contributed by atoms with Gasteiger partial charge in [0.1, 0.15) is 11.5 Å². The molecule has 0 aromatic heterocycles. The Morgan fingerprint density at radius 3 is 2.57 bits per heavy atom. The van der Waals surface area contributed by atoms with Gasteiger partial charge in [-0.3, -0.25) is 9.69 Å². The number of hydrogen-bond donors (Lipinski definition) is 2. The summed E-state index contributed by atoms with van der Waals surface area (Å²) in [5, 5.41) is 3.45. The third-order valence-corrected chi connectivity index (χ3v) is 5.00. The van der Waals surface area contributed by atoms with E-state index in [-0.39, 0.29) is 5.56 Å². The van der Waals surface area contributed by atoms with Gasteiger partial charge < -0.3 is 15.8 Å². The number of hydrogen-bond acceptors (Lipinski definition) is 3. The Hall–Kier alpha value is -3.02. The second-order valence-corrected chi connectivity index (χ2v) is 6.94. The second-order valence-electron chi connectivity index (χ2n) is 6.56. The summed E-state index contributed by atoms with van der Waals surface area (Å²) in [6.07, 6.45) is 1.44. The monoisotopic (exact) mass is 398 g/mol. The summed E-state index contributed by atoms with van der Waals surface area (Å²) in [4.78, 5) is 16.5.